The Morgan fingerprint density at radius 2 is 1.42 bits per heavy atom. The summed E-state index contributed by atoms with van der Waals surface area (Å²) in [6.45, 7) is 2.91. The Hall–Kier alpha value is -1.60. The molecular weight excluding hydrogens is 230 g/mol. The van der Waals surface area contributed by atoms with Gasteiger partial charge in [-0.05, 0) is 42.9 Å². The van der Waals surface area contributed by atoms with Gasteiger partial charge in [-0.1, -0.05) is 54.1 Å². The fraction of sp³-hybridized carbons (Fsp3) is 0.333. The minimum absolute atomic E-state index is 0.308. The van der Waals surface area contributed by atoms with Crippen LogP contribution >= 0.6 is 0 Å². The zero-order valence-electron chi connectivity index (χ0n) is 11.5. The van der Waals surface area contributed by atoms with Crippen LogP contribution in [0.1, 0.15) is 35.1 Å². The van der Waals surface area contributed by atoms with E-state index in [0.717, 1.165) is 13.0 Å². The number of aryl methyl sites for hydroxylation is 1. The largest absolute Gasteiger partial charge is 0.330 e. The highest BCUT2D eigenvalue weighted by molar-refractivity contribution is 5.36. The molecule has 2 aromatic carbocycles. The zero-order chi connectivity index (χ0) is 13.3. The van der Waals surface area contributed by atoms with Gasteiger partial charge in [-0.15, -0.1) is 0 Å². The molecule has 2 N–H and O–H groups in total. The van der Waals surface area contributed by atoms with E-state index in [2.05, 4.69) is 55.5 Å². The molecule has 0 amide bonds. The second-order valence-corrected chi connectivity index (χ2v) is 5.84. The summed E-state index contributed by atoms with van der Waals surface area (Å²) in [6, 6.07) is 17.8. The van der Waals surface area contributed by atoms with Crippen molar-refractivity contribution in [3.63, 3.8) is 0 Å². The van der Waals surface area contributed by atoms with Crippen LogP contribution in [0.15, 0.2) is 48.5 Å². The van der Waals surface area contributed by atoms with Crippen LogP contribution in [0.5, 0.6) is 0 Å². The first-order valence-electron chi connectivity index (χ1n) is 7.07. The average Bonchev–Trinajstić information content (AvgIpc) is 3.23. The highest BCUT2D eigenvalue weighted by atomic mass is 14.7. The number of hydrogen-bond acceptors (Lipinski definition) is 1. The molecule has 0 aliphatic heterocycles. The van der Waals surface area contributed by atoms with Crippen LogP contribution in [0.3, 0.4) is 0 Å². The molecule has 0 saturated heterocycles. The lowest BCUT2D eigenvalue weighted by atomic mass is 9.94. The molecule has 19 heavy (non-hydrogen) atoms. The van der Waals surface area contributed by atoms with E-state index in [9.17, 15) is 0 Å². The molecule has 2 aromatic rings. The van der Waals surface area contributed by atoms with Gasteiger partial charge >= 0.3 is 0 Å². The average molecular weight is 251 g/mol. The van der Waals surface area contributed by atoms with Crippen molar-refractivity contribution in [3.8, 4) is 0 Å². The SMILES string of the molecule is Cc1ccc(Cc2ccc(C3(CN)CC3)cc2)cc1. The van der Waals surface area contributed by atoms with Crippen molar-refractivity contribution < 1.29 is 0 Å². The Bertz CT molecular complexity index is 547. The summed E-state index contributed by atoms with van der Waals surface area (Å²) in [4.78, 5) is 0. The van der Waals surface area contributed by atoms with Gasteiger partial charge in [0, 0.05) is 12.0 Å². The lowest BCUT2D eigenvalue weighted by Crippen LogP contribution is -2.19. The maximum absolute atomic E-state index is 5.88. The van der Waals surface area contributed by atoms with Crippen LogP contribution in [-0.2, 0) is 11.8 Å². The maximum atomic E-state index is 5.88. The number of nitrogens with two attached hydrogens (primary N) is 1. The summed E-state index contributed by atoms with van der Waals surface area (Å²) in [5.74, 6) is 0. The van der Waals surface area contributed by atoms with Crippen molar-refractivity contribution in [2.24, 2.45) is 5.73 Å². The quantitative estimate of drug-likeness (QED) is 0.883. The molecular formula is C18H21N. The smallest absolute Gasteiger partial charge is 0.00762 e. The second kappa shape index (κ2) is 4.82. The first-order chi connectivity index (χ1) is 9.22. The number of rotatable bonds is 4. The molecule has 0 aromatic heterocycles. The fourth-order valence-corrected chi connectivity index (χ4v) is 2.68. The Morgan fingerprint density at radius 1 is 0.895 bits per heavy atom. The van der Waals surface area contributed by atoms with E-state index < -0.39 is 0 Å². The molecule has 98 valence electrons. The highest BCUT2D eigenvalue weighted by Crippen LogP contribution is 2.47. The van der Waals surface area contributed by atoms with E-state index in [1.54, 1.807) is 0 Å². The fourth-order valence-electron chi connectivity index (χ4n) is 2.68. The Morgan fingerprint density at radius 3 is 1.89 bits per heavy atom. The molecule has 0 atom stereocenters. The Kier molecular flexibility index (Phi) is 3.16. The van der Waals surface area contributed by atoms with Gasteiger partial charge < -0.3 is 5.73 Å². The normalized spacial score (nSPS) is 16.3. The first-order valence-corrected chi connectivity index (χ1v) is 7.07. The summed E-state index contributed by atoms with van der Waals surface area (Å²) in [7, 11) is 0. The molecule has 0 spiro atoms. The predicted octanol–water partition coefficient (Wildman–Crippen LogP) is 3.58. The van der Waals surface area contributed by atoms with E-state index in [-0.39, 0.29) is 0 Å². The summed E-state index contributed by atoms with van der Waals surface area (Å²) in [5, 5.41) is 0. The van der Waals surface area contributed by atoms with Gasteiger partial charge in [0.15, 0.2) is 0 Å². The molecule has 1 saturated carbocycles. The van der Waals surface area contributed by atoms with Crippen molar-refractivity contribution in [2.75, 3.05) is 6.54 Å². The van der Waals surface area contributed by atoms with E-state index in [4.69, 9.17) is 5.73 Å². The monoisotopic (exact) mass is 251 g/mol. The van der Waals surface area contributed by atoms with Crippen LogP contribution in [0.25, 0.3) is 0 Å². The van der Waals surface area contributed by atoms with Crippen molar-refractivity contribution in [3.05, 3.63) is 70.8 Å². The topological polar surface area (TPSA) is 26.0 Å². The standard InChI is InChI=1S/C18H21N/c1-14-2-4-15(5-3-14)12-16-6-8-17(9-7-16)18(13-19)10-11-18/h2-9H,10-13,19H2,1H3. The molecule has 1 aliphatic carbocycles. The summed E-state index contributed by atoms with van der Waals surface area (Å²) in [6.07, 6.45) is 3.51. The minimum Gasteiger partial charge on any atom is -0.330 e. The molecule has 0 unspecified atom stereocenters. The molecule has 1 nitrogen and oxygen atoms in total. The third-order valence-electron chi connectivity index (χ3n) is 4.34. The van der Waals surface area contributed by atoms with Gasteiger partial charge in [0.1, 0.15) is 0 Å². The van der Waals surface area contributed by atoms with E-state index in [0.29, 0.717) is 5.41 Å². The van der Waals surface area contributed by atoms with Crippen LogP contribution in [0.4, 0.5) is 0 Å². The molecule has 1 heteroatoms. The lowest BCUT2D eigenvalue weighted by Gasteiger charge is -2.13. The first kappa shape index (κ1) is 12.4. The van der Waals surface area contributed by atoms with Gasteiger partial charge in [-0.3, -0.25) is 0 Å². The van der Waals surface area contributed by atoms with Gasteiger partial charge in [-0.25, -0.2) is 0 Å². The summed E-state index contributed by atoms with van der Waals surface area (Å²) >= 11 is 0. The zero-order valence-corrected chi connectivity index (χ0v) is 11.5. The predicted molar refractivity (Wildman–Crippen MR) is 80.4 cm³/mol. The van der Waals surface area contributed by atoms with Crippen molar-refractivity contribution in [1.82, 2.24) is 0 Å². The summed E-state index contributed by atoms with van der Waals surface area (Å²) < 4.78 is 0. The number of benzene rings is 2. The molecule has 3 rings (SSSR count). The molecule has 1 fully saturated rings. The van der Waals surface area contributed by atoms with Gasteiger partial charge in [0.2, 0.25) is 0 Å². The summed E-state index contributed by atoms with van der Waals surface area (Å²) in [5.41, 5.74) is 11.7. The van der Waals surface area contributed by atoms with E-state index >= 15 is 0 Å². The third-order valence-corrected chi connectivity index (χ3v) is 4.34. The highest BCUT2D eigenvalue weighted by Gasteiger charge is 2.42. The molecule has 0 heterocycles. The minimum atomic E-state index is 0.308. The second-order valence-electron chi connectivity index (χ2n) is 5.84. The Labute approximate surface area is 115 Å². The number of hydrogen-bond donors (Lipinski definition) is 1. The van der Waals surface area contributed by atoms with Crippen molar-refractivity contribution >= 4 is 0 Å². The van der Waals surface area contributed by atoms with Gasteiger partial charge in [-0.2, -0.15) is 0 Å². The van der Waals surface area contributed by atoms with Crippen molar-refractivity contribution in [2.45, 2.75) is 31.6 Å². The van der Waals surface area contributed by atoms with Gasteiger partial charge in [0.25, 0.3) is 0 Å². The maximum Gasteiger partial charge on any atom is 0.00762 e. The molecule has 1 aliphatic rings. The lowest BCUT2D eigenvalue weighted by molar-refractivity contribution is 0.704. The molecule has 0 radical (unpaired) electrons. The van der Waals surface area contributed by atoms with Crippen LogP contribution < -0.4 is 5.73 Å². The van der Waals surface area contributed by atoms with Crippen LogP contribution in [0.2, 0.25) is 0 Å². The van der Waals surface area contributed by atoms with E-state index in [1.165, 1.54) is 35.1 Å². The Balaban J connectivity index is 1.74. The van der Waals surface area contributed by atoms with Crippen molar-refractivity contribution in [1.29, 1.82) is 0 Å². The molecule has 0 bridgehead atoms. The third kappa shape index (κ3) is 2.57. The van der Waals surface area contributed by atoms with Gasteiger partial charge in [0.05, 0.1) is 0 Å². The van der Waals surface area contributed by atoms with Crippen LogP contribution in [-0.4, -0.2) is 6.54 Å². The van der Waals surface area contributed by atoms with Crippen LogP contribution in [0, 0.1) is 6.92 Å². The van der Waals surface area contributed by atoms with E-state index in [1.807, 2.05) is 0 Å².